The molecule has 0 aliphatic carbocycles. The molecule has 0 saturated heterocycles. The van der Waals surface area contributed by atoms with Crippen LogP contribution in [0.15, 0.2) is 36.9 Å². The molecule has 0 radical (unpaired) electrons. The molecule has 0 fully saturated rings. The second kappa shape index (κ2) is 6.34. The molecule has 0 amide bonds. The van der Waals surface area contributed by atoms with Crippen molar-refractivity contribution in [2.45, 2.75) is 6.42 Å². The van der Waals surface area contributed by atoms with Crippen molar-refractivity contribution in [1.82, 2.24) is 0 Å². The molecule has 0 spiro atoms. The van der Waals surface area contributed by atoms with E-state index in [4.69, 9.17) is 9.84 Å². The van der Waals surface area contributed by atoms with Gasteiger partial charge in [-0.05, 0) is 12.1 Å². The third kappa shape index (κ3) is 3.86. The number of hydrogen-bond donors (Lipinski definition) is 1. The lowest BCUT2D eigenvalue weighted by Gasteiger charge is -2.04. The molecule has 0 atom stereocenters. The molecular formula is C13H12O5. The number of Topliss-reactive ketones (excluding diaryl/α,β-unsaturated/α-hetero) is 2. The van der Waals surface area contributed by atoms with E-state index in [2.05, 4.69) is 6.58 Å². The summed E-state index contributed by atoms with van der Waals surface area (Å²) in [5, 5.41) is 8.41. The Bertz CT molecular complexity index is 490. The molecule has 0 heterocycles. The molecule has 0 bridgehead atoms. The molecule has 0 aliphatic rings. The molecule has 0 aliphatic heterocycles. The van der Waals surface area contributed by atoms with Crippen molar-refractivity contribution >= 4 is 17.5 Å². The Morgan fingerprint density at radius 3 is 2.67 bits per heavy atom. The van der Waals surface area contributed by atoms with Gasteiger partial charge in [0.2, 0.25) is 5.78 Å². The van der Waals surface area contributed by atoms with Crippen LogP contribution in [0.3, 0.4) is 0 Å². The Kier molecular flexibility index (Phi) is 4.80. The van der Waals surface area contributed by atoms with Crippen molar-refractivity contribution in [3.05, 3.63) is 42.5 Å². The number of hydrogen-bond acceptors (Lipinski definition) is 4. The van der Waals surface area contributed by atoms with Gasteiger partial charge in [-0.15, -0.1) is 0 Å². The minimum absolute atomic E-state index is 0.242. The van der Waals surface area contributed by atoms with Crippen LogP contribution in [0.1, 0.15) is 16.8 Å². The lowest BCUT2D eigenvalue weighted by atomic mass is 10.1. The molecule has 1 rings (SSSR count). The quantitative estimate of drug-likeness (QED) is 0.342. The van der Waals surface area contributed by atoms with E-state index in [-0.39, 0.29) is 5.56 Å². The van der Waals surface area contributed by atoms with Crippen LogP contribution in [0, 0.1) is 0 Å². The third-order valence-electron chi connectivity index (χ3n) is 2.08. The third-order valence-corrected chi connectivity index (χ3v) is 2.08. The molecule has 94 valence electrons. The number of benzene rings is 1. The van der Waals surface area contributed by atoms with E-state index in [1.54, 1.807) is 18.2 Å². The first-order chi connectivity index (χ1) is 8.54. The van der Waals surface area contributed by atoms with E-state index in [1.165, 1.54) is 12.1 Å². The van der Waals surface area contributed by atoms with Crippen LogP contribution in [-0.2, 0) is 9.59 Å². The Balaban J connectivity index is 2.76. The second-order valence-electron chi connectivity index (χ2n) is 3.46. The van der Waals surface area contributed by atoms with Gasteiger partial charge in [-0.3, -0.25) is 9.59 Å². The van der Waals surface area contributed by atoms with Gasteiger partial charge in [0.25, 0.3) is 0 Å². The van der Waals surface area contributed by atoms with E-state index in [0.29, 0.717) is 12.4 Å². The van der Waals surface area contributed by atoms with Gasteiger partial charge in [-0.2, -0.15) is 0 Å². The highest BCUT2D eigenvalue weighted by Gasteiger charge is 2.17. The maximum absolute atomic E-state index is 11.6. The Morgan fingerprint density at radius 2 is 2.06 bits per heavy atom. The molecule has 18 heavy (non-hydrogen) atoms. The lowest BCUT2D eigenvalue weighted by molar-refractivity contribution is -0.148. The minimum Gasteiger partial charge on any atom is -0.490 e. The Morgan fingerprint density at radius 1 is 1.33 bits per heavy atom. The molecule has 5 nitrogen and oxygen atoms in total. The average molecular weight is 248 g/mol. The average Bonchev–Trinajstić information content (AvgIpc) is 2.36. The van der Waals surface area contributed by atoms with Gasteiger partial charge in [0.05, 0.1) is 6.42 Å². The molecule has 0 unspecified atom stereocenters. The molecular weight excluding hydrogens is 236 g/mol. The van der Waals surface area contributed by atoms with Gasteiger partial charge in [0.1, 0.15) is 12.4 Å². The van der Waals surface area contributed by atoms with Crippen LogP contribution in [0.2, 0.25) is 0 Å². The topological polar surface area (TPSA) is 80.7 Å². The maximum atomic E-state index is 11.6. The number of carboxylic acids is 1. The smallest absolute Gasteiger partial charge is 0.372 e. The van der Waals surface area contributed by atoms with Crippen molar-refractivity contribution in [2.24, 2.45) is 0 Å². The van der Waals surface area contributed by atoms with E-state index in [0.717, 1.165) is 0 Å². The molecule has 0 aromatic heterocycles. The highest BCUT2D eigenvalue weighted by Crippen LogP contribution is 2.15. The zero-order valence-electron chi connectivity index (χ0n) is 9.59. The highest BCUT2D eigenvalue weighted by atomic mass is 16.5. The fraction of sp³-hybridized carbons (Fsp3) is 0.154. The second-order valence-corrected chi connectivity index (χ2v) is 3.46. The van der Waals surface area contributed by atoms with Crippen LogP contribution in [0.5, 0.6) is 5.75 Å². The van der Waals surface area contributed by atoms with E-state index >= 15 is 0 Å². The molecule has 1 aromatic carbocycles. The van der Waals surface area contributed by atoms with Crippen molar-refractivity contribution in [3.8, 4) is 5.75 Å². The van der Waals surface area contributed by atoms with Crippen molar-refractivity contribution in [1.29, 1.82) is 0 Å². The Labute approximate surface area is 104 Å². The van der Waals surface area contributed by atoms with Crippen LogP contribution in [-0.4, -0.2) is 29.2 Å². The van der Waals surface area contributed by atoms with Gasteiger partial charge in [0.15, 0.2) is 5.78 Å². The van der Waals surface area contributed by atoms with Crippen LogP contribution >= 0.6 is 0 Å². The van der Waals surface area contributed by atoms with Gasteiger partial charge in [0, 0.05) is 5.56 Å². The number of ketones is 2. The summed E-state index contributed by atoms with van der Waals surface area (Å²) in [6.45, 7) is 3.79. The monoisotopic (exact) mass is 248 g/mol. The number of carbonyl (C=O) groups excluding carboxylic acids is 2. The largest absolute Gasteiger partial charge is 0.490 e. The first-order valence-electron chi connectivity index (χ1n) is 5.17. The van der Waals surface area contributed by atoms with Crippen LogP contribution in [0.25, 0.3) is 0 Å². The number of carboxylic acid groups (broad SMARTS) is 1. The zero-order chi connectivity index (χ0) is 13.5. The fourth-order valence-corrected chi connectivity index (χ4v) is 1.24. The summed E-state index contributed by atoms with van der Waals surface area (Å²) < 4.78 is 5.23. The summed E-state index contributed by atoms with van der Waals surface area (Å²) in [5.41, 5.74) is 0.242. The van der Waals surface area contributed by atoms with Gasteiger partial charge in [-0.25, -0.2) is 4.79 Å². The van der Waals surface area contributed by atoms with E-state index < -0.39 is 24.0 Å². The molecule has 5 heteroatoms. The SMILES string of the molecule is C=CCOc1cccc(C(=O)CC(=O)C(=O)O)c1. The predicted molar refractivity (Wildman–Crippen MR) is 63.7 cm³/mol. The summed E-state index contributed by atoms with van der Waals surface area (Å²) in [5.74, 6) is -2.82. The number of aliphatic carboxylic acids is 1. The summed E-state index contributed by atoms with van der Waals surface area (Å²) in [7, 11) is 0. The number of ether oxygens (including phenoxy) is 1. The van der Waals surface area contributed by atoms with E-state index in [9.17, 15) is 14.4 Å². The van der Waals surface area contributed by atoms with Crippen molar-refractivity contribution < 1.29 is 24.2 Å². The lowest BCUT2D eigenvalue weighted by Crippen LogP contribution is -2.17. The maximum Gasteiger partial charge on any atom is 0.372 e. The van der Waals surface area contributed by atoms with Crippen LogP contribution < -0.4 is 4.74 Å². The molecule has 1 N–H and O–H groups in total. The normalized spacial score (nSPS) is 9.56. The summed E-state index contributed by atoms with van der Waals surface area (Å²) >= 11 is 0. The van der Waals surface area contributed by atoms with Crippen molar-refractivity contribution in [2.75, 3.05) is 6.61 Å². The molecule has 0 saturated carbocycles. The highest BCUT2D eigenvalue weighted by molar-refractivity contribution is 6.37. The number of carbonyl (C=O) groups is 3. The van der Waals surface area contributed by atoms with Gasteiger partial charge < -0.3 is 9.84 Å². The number of rotatable bonds is 7. The van der Waals surface area contributed by atoms with Gasteiger partial charge >= 0.3 is 5.97 Å². The minimum atomic E-state index is -1.61. The summed E-state index contributed by atoms with van der Waals surface area (Å²) in [4.78, 5) is 32.9. The van der Waals surface area contributed by atoms with E-state index in [1.807, 2.05) is 0 Å². The first kappa shape index (κ1) is 13.6. The summed E-state index contributed by atoms with van der Waals surface area (Å²) in [6, 6.07) is 6.20. The Hall–Kier alpha value is -2.43. The zero-order valence-corrected chi connectivity index (χ0v) is 9.59. The van der Waals surface area contributed by atoms with Crippen LogP contribution in [0.4, 0.5) is 0 Å². The summed E-state index contributed by atoms with van der Waals surface area (Å²) in [6.07, 6.45) is 0.905. The van der Waals surface area contributed by atoms with Gasteiger partial charge in [-0.1, -0.05) is 24.8 Å². The predicted octanol–water partition coefficient (Wildman–Crippen LogP) is 1.48. The standard InChI is InChI=1S/C13H12O5/c1-2-6-18-10-5-3-4-9(7-10)11(14)8-12(15)13(16)17/h2-5,7H,1,6,8H2,(H,16,17). The van der Waals surface area contributed by atoms with Crippen molar-refractivity contribution in [3.63, 3.8) is 0 Å². The molecule has 1 aromatic rings. The first-order valence-corrected chi connectivity index (χ1v) is 5.17. The fourth-order valence-electron chi connectivity index (χ4n) is 1.24.